The van der Waals surface area contributed by atoms with Gasteiger partial charge in [0, 0.05) is 6.20 Å². The summed E-state index contributed by atoms with van der Waals surface area (Å²) in [5.74, 6) is 1.17. The molecule has 1 aromatic heterocycles. The Morgan fingerprint density at radius 3 is 2.65 bits per heavy atom. The quantitative estimate of drug-likeness (QED) is 0.746. The Labute approximate surface area is 116 Å². The number of pyridine rings is 1. The number of nitrogens with one attached hydrogen (secondary N) is 2. The van der Waals surface area contributed by atoms with Crippen LogP contribution in [0.4, 0.5) is 10.6 Å². The van der Waals surface area contributed by atoms with Crippen LogP contribution in [0, 0.1) is 0 Å². The van der Waals surface area contributed by atoms with Crippen LogP contribution in [0.15, 0.2) is 48.7 Å². The zero-order valence-corrected chi connectivity index (χ0v) is 10.9. The molecule has 0 radical (unpaired) electrons. The molecule has 2 rings (SSSR count). The second-order valence-corrected chi connectivity index (χ2v) is 4.07. The number of anilines is 1. The van der Waals surface area contributed by atoms with Crippen molar-refractivity contribution < 1.29 is 14.6 Å². The molecule has 0 aliphatic rings. The molecule has 6 nitrogen and oxygen atoms in total. The van der Waals surface area contributed by atoms with Crippen molar-refractivity contribution in [1.82, 2.24) is 10.3 Å². The largest absolute Gasteiger partial charge is 0.508 e. The number of ether oxygens (including phenoxy) is 1. The van der Waals surface area contributed by atoms with Crippen molar-refractivity contribution in [2.24, 2.45) is 0 Å². The normalized spacial score (nSPS) is 11.4. The van der Waals surface area contributed by atoms with Gasteiger partial charge in [-0.3, -0.25) is 5.32 Å². The zero-order valence-electron chi connectivity index (χ0n) is 10.9. The number of hydrogen-bond acceptors (Lipinski definition) is 4. The lowest BCUT2D eigenvalue weighted by molar-refractivity contribution is 0.183. The molecule has 0 fully saturated rings. The van der Waals surface area contributed by atoms with E-state index in [2.05, 4.69) is 15.6 Å². The van der Waals surface area contributed by atoms with Crippen molar-refractivity contribution in [1.29, 1.82) is 0 Å². The van der Waals surface area contributed by atoms with Crippen LogP contribution in [0.1, 0.15) is 6.92 Å². The Morgan fingerprint density at radius 2 is 2.00 bits per heavy atom. The molecule has 2 aromatic rings. The van der Waals surface area contributed by atoms with E-state index in [4.69, 9.17) is 9.84 Å². The van der Waals surface area contributed by atoms with Crippen LogP contribution in [-0.4, -0.2) is 22.3 Å². The standard InChI is InChI=1S/C14H15N3O3/c1-10(20-12-7-5-11(18)6-8-12)16-14(19)17-13-4-2-3-9-15-13/h2-10,18H,1H3,(H2,15,16,17,19). The number of benzene rings is 1. The van der Waals surface area contributed by atoms with E-state index in [1.54, 1.807) is 43.5 Å². The highest BCUT2D eigenvalue weighted by Gasteiger charge is 2.08. The Balaban J connectivity index is 1.83. The number of aromatic nitrogens is 1. The first-order valence-corrected chi connectivity index (χ1v) is 6.08. The third-order valence-electron chi connectivity index (χ3n) is 2.39. The molecule has 0 aliphatic heterocycles. The lowest BCUT2D eigenvalue weighted by Gasteiger charge is -2.16. The van der Waals surface area contributed by atoms with E-state index in [1.807, 2.05) is 0 Å². The molecular weight excluding hydrogens is 258 g/mol. The van der Waals surface area contributed by atoms with Crippen molar-refractivity contribution in [3.05, 3.63) is 48.7 Å². The number of amides is 2. The van der Waals surface area contributed by atoms with Crippen LogP contribution in [-0.2, 0) is 0 Å². The molecule has 0 aliphatic carbocycles. The first-order valence-electron chi connectivity index (χ1n) is 6.08. The van der Waals surface area contributed by atoms with Crippen molar-refractivity contribution in [2.75, 3.05) is 5.32 Å². The number of phenolic OH excluding ortho intramolecular Hbond substituents is 1. The minimum atomic E-state index is -0.525. The third kappa shape index (κ3) is 4.16. The van der Waals surface area contributed by atoms with Crippen LogP contribution in [0.3, 0.4) is 0 Å². The van der Waals surface area contributed by atoms with Gasteiger partial charge in [-0.1, -0.05) is 6.07 Å². The molecule has 2 amide bonds. The van der Waals surface area contributed by atoms with Crippen molar-refractivity contribution in [3.63, 3.8) is 0 Å². The number of urea groups is 1. The lowest BCUT2D eigenvalue weighted by Crippen LogP contribution is -2.39. The molecule has 0 saturated heterocycles. The minimum Gasteiger partial charge on any atom is -0.508 e. The summed E-state index contributed by atoms with van der Waals surface area (Å²) in [4.78, 5) is 15.7. The molecule has 104 valence electrons. The number of carbonyl (C=O) groups is 1. The minimum absolute atomic E-state index is 0.158. The number of hydrogen-bond donors (Lipinski definition) is 3. The molecule has 0 spiro atoms. The summed E-state index contributed by atoms with van der Waals surface area (Å²) in [6.07, 6.45) is 1.06. The van der Waals surface area contributed by atoms with Gasteiger partial charge in [-0.05, 0) is 43.3 Å². The Kier molecular flexibility index (Phi) is 4.39. The molecule has 3 N–H and O–H groups in total. The SMILES string of the molecule is CC(NC(=O)Nc1ccccn1)Oc1ccc(O)cc1. The van der Waals surface area contributed by atoms with Gasteiger partial charge in [0.2, 0.25) is 0 Å². The predicted molar refractivity (Wildman–Crippen MR) is 74.6 cm³/mol. The van der Waals surface area contributed by atoms with E-state index >= 15 is 0 Å². The van der Waals surface area contributed by atoms with Gasteiger partial charge in [-0.25, -0.2) is 9.78 Å². The van der Waals surface area contributed by atoms with Crippen molar-refractivity contribution in [2.45, 2.75) is 13.2 Å². The third-order valence-corrected chi connectivity index (χ3v) is 2.39. The summed E-state index contributed by atoms with van der Waals surface area (Å²) in [7, 11) is 0. The highest BCUT2D eigenvalue weighted by molar-refractivity contribution is 5.88. The van der Waals surface area contributed by atoms with Crippen LogP contribution in [0.2, 0.25) is 0 Å². The first kappa shape index (κ1) is 13.7. The maximum absolute atomic E-state index is 11.7. The predicted octanol–water partition coefficient (Wildman–Crippen LogP) is 2.33. The Bertz CT molecular complexity index is 558. The topological polar surface area (TPSA) is 83.5 Å². The van der Waals surface area contributed by atoms with E-state index in [-0.39, 0.29) is 5.75 Å². The highest BCUT2D eigenvalue weighted by Crippen LogP contribution is 2.16. The zero-order chi connectivity index (χ0) is 14.4. The van der Waals surface area contributed by atoms with Crippen LogP contribution >= 0.6 is 0 Å². The van der Waals surface area contributed by atoms with Crippen molar-refractivity contribution >= 4 is 11.8 Å². The molecule has 0 bridgehead atoms. The average molecular weight is 273 g/mol. The number of rotatable bonds is 4. The van der Waals surface area contributed by atoms with Gasteiger partial charge in [0.25, 0.3) is 0 Å². The lowest BCUT2D eigenvalue weighted by atomic mass is 10.3. The van der Waals surface area contributed by atoms with Gasteiger partial charge in [0.15, 0.2) is 6.23 Å². The Morgan fingerprint density at radius 1 is 1.25 bits per heavy atom. The van der Waals surface area contributed by atoms with Gasteiger partial charge in [0.05, 0.1) is 0 Å². The van der Waals surface area contributed by atoms with Gasteiger partial charge in [0.1, 0.15) is 17.3 Å². The molecular formula is C14H15N3O3. The smallest absolute Gasteiger partial charge is 0.323 e. The maximum Gasteiger partial charge on any atom is 0.323 e. The maximum atomic E-state index is 11.7. The number of phenols is 1. The second kappa shape index (κ2) is 6.42. The van der Waals surface area contributed by atoms with E-state index in [1.165, 1.54) is 12.1 Å². The Hall–Kier alpha value is -2.76. The second-order valence-electron chi connectivity index (χ2n) is 4.07. The summed E-state index contributed by atoms with van der Waals surface area (Å²) < 4.78 is 5.47. The molecule has 0 saturated carbocycles. The first-order chi connectivity index (χ1) is 9.63. The van der Waals surface area contributed by atoms with Gasteiger partial charge >= 0.3 is 6.03 Å². The summed E-state index contributed by atoms with van der Waals surface area (Å²) in [6, 6.07) is 11.1. The van der Waals surface area contributed by atoms with Gasteiger partial charge in [-0.2, -0.15) is 0 Å². The number of aromatic hydroxyl groups is 1. The summed E-state index contributed by atoms with van der Waals surface area (Å²) in [5, 5.41) is 14.4. The highest BCUT2D eigenvalue weighted by atomic mass is 16.5. The molecule has 1 aromatic carbocycles. The van der Waals surface area contributed by atoms with E-state index in [0.29, 0.717) is 11.6 Å². The van der Waals surface area contributed by atoms with Crippen LogP contribution < -0.4 is 15.4 Å². The van der Waals surface area contributed by atoms with E-state index < -0.39 is 12.3 Å². The number of nitrogens with zero attached hydrogens (tertiary/aromatic N) is 1. The van der Waals surface area contributed by atoms with Gasteiger partial charge in [-0.15, -0.1) is 0 Å². The van der Waals surface area contributed by atoms with E-state index in [9.17, 15) is 4.79 Å². The molecule has 6 heteroatoms. The van der Waals surface area contributed by atoms with E-state index in [0.717, 1.165) is 0 Å². The fourth-order valence-corrected chi connectivity index (χ4v) is 1.53. The average Bonchev–Trinajstić information content (AvgIpc) is 2.42. The van der Waals surface area contributed by atoms with Crippen LogP contribution in [0.25, 0.3) is 0 Å². The molecule has 20 heavy (non-hydrogen) atoms. The fourth-order valence-electron chi connectivity index (χ4n) is 1.53. The molecule has 1 heterocycles. The molecule has 1 atom stereocenters. The monoisotopic (exact) mass is 273 g/mol. The van der Waals surface area contributed by atoms with Gasteiger partial charge < -0.3 is 15.2 Å². The van der Waals surface area contributed by atoms with Crippen LogP contribution in [0.5, 0.6) is 11.5 Å². The fraction of sp³-hybridized carbons (Fsp3) is 0.143. The summed E-state index contributed by atoms with van der Waals surface area (Å²) in [5.41, 5.74) is 0. The summed E-state index contributed by atoms with van der Waals surface area (Å²) in [6.45, 7) is 1.70. The molecule has 1 unspecified atom stereocenters. The van der Waals surface area contributed by atoms with Crippen molar-refractivity contribution in [3.8, 4) is 11.5 Å². The number of carbonyl (C=O) groups excluding carboxylic acids is 1. The summed E-state index contributed by atoms with van der Waals surface area (Å²) >= 11 is 0.